The Bertz CT molecular complexity index is 353. The molecular formula is C11H21N5. The fraction of sp³-hybridized carbons (Fsp3) is 0.636. The molecule has 0 saturated carbocycles. The fourth-order valence-corrected chi connectivity index (χ4v) is 1.49. The van der Waals surface area contributed by atoms with E-state index in [-0.39, 0.29) is 0 Å². The van der Waals surface area contributed by atoms with Crippen LogP contribution < -0.4 is 10.6 Å². The maximum absolute atomic E-state index is 4.21. The van der Waals surface area contributed by atoms with Crippen molar-refractivity contribution in [2.45, 2.75) is 20.3 Å². The maximum Gasteiger partial charge on any atom is 0.190 e. The molecular weight excluding hydrogens is 202 g/mol. The predicted molar refractivity (Wildman–Crippen MR) is 66.7 cm³/mol. The average molecular weight is 223 g/mol. The third kappa shape index (κ3) is 3.25. The lowest BCUT2D eigenvalue weighted by atomic mass is 10.2. The molecule has 1 aromatic heterocycles. The number of hydrogen-bond donors (Lipinski definition) is 2. The zero-order valence-corrected chi connectivity index (χ0v) is 10.5. The molecule has 5 nitrogen and oxygen atoms in total. The summed E-state index contributed by atoms with van der Waals surface area (Å²) in [4.78, 5) is 4.11. The largest absolute Gasteiger partial charge is 0.357 e. The van der Waals surface area contributed by atoms with Crippen molar-refractivity contribution < 1.29 is 0 Å². The molecule has 1 aromatic rings. The lowest BCUT2D eigenvalue weighted by molar-refractivity contribution is 0.735. The first-order valence-electron chi connectivity index (χ1n) is 5.61. The van der Waals surface area contributed by atoms with Crippen LogP contribution in [-0.4, -0.2) is 35.9 Å². The van der Waals surface area contributed by atoms with Gasteiger partial charge in [-0.25, -0.2) is 0 Å². The van der Waals surface area contributed by atoms with Gasteiger partial charge in [-0.1, -0.05) is 0 Å². The van der Waals surface area contributed by atoms with E-state index < -0.39 is 0 Å². The summed E-state index contributed by atoms with van der Waals surface area (Å²) < 4.78 is 1.90. The summed E-state index contributed by atoms with van der Waals surface area (Å²) in [6.07, 6.45) is 2.89. The second-order valence-corrected chi connectivity index (χ2v) is 3.66. The van der Waals surface area contributed by atoms with E-state index in [1.165, 1.54) is 11.3 Å². The Morgan fingerprint density at radius 3 is 2.75 bits per heavy atom. The molecule has 1 heterocycles. The van der Waals surface area contributed by atoms with Crippen molar-refractivity contribution in [1.82, 2.24) is 20.4 Å². The second-order valence-electron chi connectivity index (χ2n) is 3.66. The van der Waals surface area contributed by atoms with Crippen LogP contribution in [0.25, 0.3) is 0 Å². The summed E-state index contributed by atoms with van der Waals surface area (Å²) in [5.74, 6) is 0.851. The number of nitrogens with one attached hydrogen (secondary N) is 2. The molecule has 1 rings (SSSR count). The van der Waals surface area contributed by atoms with Crippen molar-refractivity contribution in [1.29, 1.82) is 0 Å². The summed E-state index contributed by atoms with van der Waals surface area (Å²) in [6, 6.07) is 0. The minimum atomic E-state index is 0.851. The molecule has 0 amide bonds. The number of aryl methyl sites for hydroxylation is 1. The van der Waals surface area contributed by atoms with Gasteiger partial charge in [0.05, 0.1) is 6.20 Å². The monoisotopic (exact) mass is 223 g/mol. The topological polar surface area (TPSA) is 54.2 Å². The van der Waals surface area contributed by atoms with Crippen LogP contribution in [0.2, 0.25) is 0 Å². The van der Waals surface area contributed by atoms with E-state index in [1.54, 1.807) is 7.05 Å². The Morgan fingerprint density at radius 1 is 1.50 bits per heavy atom. The van der Waals surface area contributed by atoms with E-state index in [9.17, 15) is 0 Å². The molecule has 0 aliphatic heterocycles. The minimum absolute atomic E-state index is 0.851. The Hall–Kier alpha value is -1.52. The summed E-state index contributed by atoms with van der Waals surface area (Å²) in [7, 11) is 3.74. The molecule has 0 bridgehead atoms. The van der Waals surface area contributed by atoms with Gasteiger partial charge in [0, 0.05) is 32.9 Å². The van der Waals surface area contributed by atoms with Crippen LogP contribution in [0, 0.1) is 6.92 Å². The third-order valence-corrected chi connectivity index (χ3v) is 2.59. The maximum atomic E-state index is 4.21. The molecule has 0 aliphatic carbocycles. The van der Waals surface area contributed by atoms with Crippen LogP contribution in [0.3, 0.4) is 0 Å². The molecule has 5 heteroatoms. The number of aliphatic imine (C=N–C) groups is 1. The highest BCUT2D eigenvalue weighted by Crippen LogP contribution is 2.05. The van der Waals surface area contributed by atoms with E-state index in [2.05, 4.69) is 34.6 Å². The fourth-order valence-electron chi connectivity index (χ4n) is 1.49. The summed E-state index contributed by atoms with van der Waals surface area (Å²) in [5.41, 5.74) is 2.50. The van der Waals surface area contributed by atoms with Gasteiger partial charge in [-0.2, -0.15) is 5.10 Å². The van der Waals surface area contributed by atoms with E-state index in [0.717, 1.165) is 25.5 Å². The molecule has 0 unspecified atom stereocenters. The van der Waals surface area contributed by atoms with Crippen LogP contribution in [0.1, 0.15) is 18.2 Å². The molecule has 0 fully saturated rings. The zero-order chi connectivity index (χ0) is 12.0. The molecule has 0 radical (unpaired) electrons. The van der Waals surface area contributed by atoms with Gasteiger partial charge < -0.3 is 10.6 Å². The Kier molecular flexibility index (Phi) is 4.82. The summed E-state index contributed by atoms with van der Waals surface area (Å²) in [6.45, 7) is 5.89. The van der Waals surface area contributed by atoms with Crippen LogP contribution in [0.5, 0.6) is 0 Å². The highest BCUT2D eigenvalue weighted by atomic mass is 15.3. The lowest BCUT2D eigenvalue weighted by Crippen LogP contribution is -2.38. The third-order valence-electron chi connectivity index (χ3n) is 2.59. The van der Waals surface area contributed by atoms with Gasteiger partial charge in [0.25, 0.3) is 0 Å². The van der Waals surface area contributed by atoms with Crippen LogP contribution in [0.15, 0.2) is 11.2 Å². The van der Waals surface area contributed by atoms with Crippen LogP contribution in [-0.2, 0) is 13.5 Å². The van der Waals surface area contributed by atoms with Crippen molar-refractivity contribution >= 4 is 5.96 Å². The first kappa shape index (κ1) is 12.5. The van der Waals surface area contributed by atoms with Gasteiger partial charge in [-0.05, 0) is 25.8 Å². The normalized spacial score (nSPS) is 11.6. The van der Waals surface area contributed by atoms with Gasteiger partial charge >= 0.3 is 0 Å². The van der Waals surface area contributed by atoms with E-state index in [1.807, 2.05) is 17.9 Å². The van der Waals surface area contributed by atoms with Gasteiger partial charge in [0.2, 0.25) is 0 Å². The van der Waals surface area contributed by atoms with Crippen molar-refractivity contribution in [2.75, 3.05) is 20.1 Å². The minimum Gasteiger partial charge on any atom is -0.357 e. The summed E-state index contributed by atoms with van der Waals surface area (Å²) in [5, 5.41) is 10.6. The molecule has 0 aliphatic rings. The SMILES string of the molecule is CCNC(=NC)NCCc1cnn(C)c1C. The lowest BCUT2D eigenvalue weighted by Gasteiger charge is -2.09. The average Bonchev–Trinajstić information content (AvgIpc) is 2.59. The van der Waals surface area contributed by atoms with Gasteiger partial charge in [-0.15, -0.1) is 0 Å². The molecule has 0 saturated heterocycles. The standard InChI is InChI=1S/C11H21N5/c1-5-13-11(12-3)14-7-6-10-8-15-16(4)9(10)2/h8H,5-7H2,1-4H3,(H2,12,13,14). The number of guanidine groups is 1. The number of hydrogen-bond acceptors (Lipinski definition) is 2. The Morgan fingerprint density at radius 2 is 2.25 bits per heavy atom. The van der Waals surface area contributed by atoms with Crippen molar-refractivity contribution in [3.8, 4) is 0 Å². The number of nitrogens with zero attached hydrogens (tertiary/aromatic N) is 3. The highest BCUT2D eigenvalue weighted by molar-refractivity contribution is 5.79. The van der Waals surface area contributed by atoms with Crippen LogP contribution in [0.4, 0.5) is 0 Å². The highest BCUT2D eigenvalue weighted by Gasteiger charge is 2.03. The molecule has 2 N–H and O–H groups in total. The predicted octanol–water partition coefficient (Wildman–Crippen LogP) is 0.456. The molecule has 0 atom stereocenters. The zero-order valence-electron chi connectivity index (χ0n) is 10.5. The van der Waals surface area contributed by atoms with Gasteiger partial charge in [-0.3, -0.25) is 9.67 Å². The number of aromatic nitrogens is 2. The molecule has 16 heavy (non-hydrogen) atoms. The van der Waals surface area contributed by atoms with Gasteiger partial charge in [0.15, 0.2) is 5.96 Å². The Labute approximate surface area is 97.0 Å². The molecule has 90 valence electrons. The first-order valence-corrected chi connectivity index (χ1v) is 5.61. The van der Waals surface area contributed by atoms with Crippen LogP contribution >= 0.6 is 0 Å². The van der Waals surface area contributed by atoms with Crippen molar-refractivity contribution in [3.05, 3.63) is 17.5 Å². The molecule has 0 aromatic carbocycles. The van der Waals surface area contributed by atoms with Crippen molar-refractivity contribution in [3.63, 3.8) is 0 Å². The number of rotatable bonds is 4. The first-order chi connectivity index (χ1) is 7.69. The van der Waals surface area contributed by atoms with Crippen molar-refractivity contribution in [2.24, 2.45) is 12.0 Å². The quantitative estimate of drug-likeness (QED) is 0.576. The Balaban J connectivity index is 2.38. The summed E-state index contributed by atoms with van der Waals surface area (Å²) >= 11 is 0. The van der Waals surface area contributed by atoms with E-state index in [0.29, 0.717) is 0 Å². The smallest absolute Gasteiger partial charge is 0.190 e. The molecule has 0 spiro atoms. The van der Waals surface area contributed by atoms with E-state index in [4.69, 9.17) is 0 Å². The second kappa shape index (κ2) is 6.15. The van der Waals surface area contributed by atoms with Gasteiger partial charge in [0.1, 0.15) is 0 Å². The van der Waals surface area contributed by atoms with E-state index >= 15 is 0 Å².